The minimum absolute atomic E-state index is 0.562. The zero-order valence-corrected chi connectivity index (χ0v) is 11.8. The van der Waals surface area contributed by atoms with Crippen molar-refractivity contribution in [3.63, 3.8) is 0 Å². The third kappa shape index (κ3) is 1.63. The maximum atomic E-state index is 4.76. The highest BCUT2D eigenvalue weighted by atomic mass is 32.1. The Kier molecular flexibility index (Phi) is 2.53. The van der Waals surface area contributed by atoms with Crippen molar-refractivity contribution in [2.45, 2.75) is 13.5 Å². The number of aliphatic imine (C=N–C) groups is 1. The van der Waals surface area contributed by atoms with Crippen molar-refractivity contribution in [2.75, 3.05) is 0 Å². The normalized spacial score (nSPS) is 13.3. The van der Waals surface area contributed by atoms with E-state index in [1.54, 1.807) is 11.3 Å². The fraction of sp³-hybridized carbons (Fsp3) is 0.133. The predicted molar refractivity (Wildman–Crippen MR) is 79.8 cm³/mol. The Morgan fingerprint density at radius 2 is 1.95 bits per heavy atom. The van der Waals surface area contributed by atoms with Crippen LogP contribution in [0.4, 0.5) is 0 Å². The molecule has 0 atom stereocenters. The van der Waals surface area contributed by atoms with Gasteiger partial charge in [0.05, 0.1) is 5.71 Å². The summed E-state index contributed by atoms with van der Waals surface area (Å²) in [6.07, 6.45) is 0. The minimum atomic E-state index is 0.562. The average molecular weight is 280 g/mol. The summed E-state index contributed by atoms with van der Waals surface area (Å²) < 4.78 is 2.11. The van der Waals surface area contributed by atoms with E-state index < -0.39 is 0 Å². The molecule has 0 radical (unpaired) electrons. The molecule has 5 heteroatoms. The molecule has 0 unspecified atom stereocenters. The van der Waals surface area contributed by atoms with Gasteiger partial charge in [-0.1, -0.05) is 30.3 Å². The Morgan fingerprint density at radius 3 is 2.80 bits per heavy atom. The van der Waals surface area contributed by atoms with E-state index >= 15 is 0 Å². The summed E-state index contributed by atoms with van der Waals surface area (Å²) >= 11 is 1.70. The highest BCUT2D eigenvalue weighted by molar-refractivity contribution is 7.13. The molecule has 0 aliphatic carbocycles. The largest absolute Gasteiger partial charge is 0.276 e. The number of thiophene rings is 1. The monoisotopic (exact) mass is 280 g/mol. The van der Waals surface area contributed by atoms with Crippen LogP contribution in [-0.2, 0) is 6.54 Å². The lowest BCUT2D eigenvalue weighted by Gasteiger charge is -2.07. The van der Waals surface area contributed by atoms with Gasteiger partial charge in [-0.15, -0.1) is 21.5 Å². The molecule has 1 aliphatic heterocycles. The summed E-state index contributed by atoms with van der Waals surface area (Å²) in [4.78, 5) is 4.76. The first-order valence-electron chi connectivity index (χ1n) is 6.43. The van der Waals surface area contributed by atoms with Gasteiger partial charge in [-0.2, -0.15) is 0 Å². The number of hydrogen-bond acceptors (Lipinski definition) is 4. The van der Waals surface area contributed by atoms with Crippen LogP contribution in [0.15, 0.2) is 46.8 Å². The quantitative estimate of drug-likeness (QED) is 0.687. The lowest BCUT2D eigenvalue weighted by Crippen LogP contribution is -2.04. The summed E-state index contributed by atoms with van der Waals surface area (Å²) in [6.45, 7) is 2.54. The second-order valence-corrected chi connectivity index (χ2v) is 5.56. The molecule has 4 rings (SSSR count). The van der Waals surface area contributed by atoms with Crippen LogP contribution in [0, 0.1) is 6.92 Å². The SMILES string of the molecule is Cc1nnc2n1-c1sccc1C(c1ccccc1)=NC2. The molecule has 0 saturated heterocycles. The highest BCUT2D eigenvalue weighted by Gasteiger charge is 2.22. The van der Waals surface area contributed by atoms with Gasteiger partial charge in [0.2, 0.25) is 0 Å². The molecule has 3 heterocycles. The van der Waals surface area contributed by atoms with Crippen LogP contribution in [0.5, 0.6) is 0 Å². The molecule has 0 N–H and O–H groups in total. The van der Waals surface area contributed by atoms with E-state index in [9.17, 15) is 0 Å². The van der Waals surface area contributed by atoms with Gasteiger partial charge < -0.3 is 0 Å². The van der Waals surface area contributed by atoms with Gasteiger partial charge in [-0.3, -0.25) is 9.56 Å². The second-order valence-electron chi connectivity index (χ2n) is 4.67. The van der Waals surface area contributed by atoms with Gasteiger partial charge in [0, 0.05) is 11.1 Å². The van der Waals surface area contributed by atoms with E-state index in [1.165, 1.54) is 0 Å². The summed E-state index contributed by atoms with van der Waals surface area (Å²) in [6, 6.07) is 12.4. The standard InChI is InChI=1S/C15H12N4S/c1-10-17-18-13-9-16-14(11-5-3-2-4-6-11)12-7-8-20-15(12)19(10)13/h2-8H,9H2,1H3. The van der Waals surface area contributed by atoms with Gasteiger partial charge >= 0.3 is 0 Å². The Morgan fingerprint density at radius 1 is 1.10 bits per heavy atom. The van der Waals surface area contributed by atoms with Crippen molar-refractivity contribution in [3.8, 4) is 5.00 Å². The smallest absolute Gasteiger partial charge is 0.160 e. The van der Waals surface area contributed by atoms with E-state index in [2.05, 4.69) is 38.3 Å². The molecule has 0 bridgehead atoms. The zero-order chi connectivity index (χ0) is 13.5. The van der Waals surface area contributed by atoms with Crippen LogP contribution in [0.25, 0.3) is 5.00 Å². The molecule has 3 aromatic rings. The number of rotatable bonds is 1. The van der Waals surface area contributed by atoms with Crippen molar-refractivity contribution >= 4 is 17.0 Å². The highest BCUT2D eigenvalue weighted by Crippen LogP contribution is 2.29. The van der Waals surface area contributed by atoms with Crippen LogP contribution in [-0.4, -0.2) is 20.5 Å². The van der Waals surface area contributed by atoms with E-state index in [0.29, 0.717) is 6.54 Å². The topological polar surface area (TPSA) is 43.1 Å². The fourth-order valence-electron chi connectivity index (χ4n) is 2.51. The van der Waals surface area contributed by atoms with Crippen molar-refractivity contribution in [1.29, 1.82) is 0 Å². The number of fused-ring (bicyclic) bond motifs is 3. The Labute approximate surface area is 120 Å². The first-order valence-corrected chi connectivity index (χ1v) is 7.31. The van der Waals surface area contributed by atoms with Gasteiger partial charge in [0.1, 0.15) is 17.4 Å². The number of nitrogens with zero attached hydrogens (tertiary/aromatic N) is 4. The Balaban J connectivity index is 1.96. The summed E-state index contributed by atoms with van der Waals surface area (Å²) in [5.41, 5.74) is 3.33. The van der Waals surface area contributed by atoms with Crippen LogP contribution in [0.1, 0.15) is 22.8 Å². The van der Waals surface area contributed by atoms with Crippen LogP contribution in [0.3, 0.4) is 0 Å². The summed E-state index contributed by atoms with van der Waals surface area (Å²) in [7, 11) is 0. The maximum absolute atomic E-state index is 4.76. The number of hydrogen-bond donors (Lipinski definition) is 0. The molecule has 98 valence electrons. The molecule has 4 nitrogen and oxygen atoms in total. The van der Waals surface area contributed by atoms with Crippen molar-refractivity contribution in [1.82, 2.24) is 14.8 Å². The molecule has 1 aliphatic rings. The lowest BCUT2D eigenvalue weighted by molar-refractivity contribution is 0.869. The fourth-order valence-corrected chi connectivity index (χ4v) is 3.47. The van der Waals surface area contributed by atoms with Crippen LogP contribution < -0.4 is 0 Å². The Hall–Kier alpha value is -2.27. The predicted octanol–water partition coefficient (Wildman–Crippen LogP) is 2.99. The van der Waals surface area contributed by atoms with Crippen LogP contribution in [0.2, 0.25) is 0 Å². The maximum Gasteiger partial charge on any atom is 0.160 e. The van der Waals surface area contributed by atoms with E-state index in [-0.39, 0.29) is 0 Å². The molecule has 20 heavy (non-hydrogen) atoms. The summed E-state index contributed by atoms with van der Waals surface area (Å²) in [5, 5.41) is 11.7. The average Bonchev–Trinajstić information content (AvgIpc) is 3.04. The molecule has 0 amide bonds. The first kappa shape index (κ1) is 11.5. The zero-order valence-electron chi connectivity index (χ0n) is 10.9. The third-order valence-electron chi connectivity index (χ3n) is 3.42. The molecule has 2 aromatic heterocycles. The van der Waals surface area contributed by atoms with Gasteiger partial charge in [0.25, 0.3) is 0 Å². The van der Waals surface area contributed by atoms with Crippen molar-refractivity contribution in [2.24, 2.45) is 4.99 Å². The second kappa shape index (κ2) is 4.38. The van der Waals surface area contributed by atoms with E-state index in [1.807, 2.05) is 25.1 Å². The third-order valence-corrected chi connectivity index (χ3v) is 4.32. The van der Waals surface area contributed by atoms with Gasteiger partial charge in [0.15, 0.2) is 5.82 Å². The number of benzene rings is 1. The van der Waals surface area contributed by atoms with Gasteiger partial charge in [-0.25, -0.2) is 0 Å². The molecular weight excluding hydrogens is 268 g/mol. The molecule has 0 fully saturated rings. The summed E-state index contributed by atoms with van der Waals surface area (Å²) in [5.74, 6) is 1.81. The van der Waals surface area contributed by atoms with Gasteiger partial charge in [-0.05, 0) is 18.4 Å². The van der Waals surface area contributed by atoms with Crippen LogP contribution >= 0.6 is 11.3 Å². The van der Waals surface area contributed by atoms with Crippen molar-refractivity contribution < 1.29 is 0 Å². The first-order chi connectivity index (χ1) is 9.84. The molecular formula is C15H12N4S. The Bertz CT molecular complexity index is 798. The van der Waals surface area contributed by atoms with E-state index in [0.717, 1.165) is 33.5 Å². The number of aryl methyl sites for hydroxylation is 1. The molecule has 0 saturated carbocycles. The molecule has 0 spiro atoms. The lowest BCUT2D eigenvalue weighted by atomic mass is 10.0. The molecule has 1 aromatic carbocycles. The van der Waals surface area contributed by atoms with E-state index in [4.69, 9.17) is 4.99 Å². The van der Waals surface area contributed by atoms with Crippen molar-refractivity contribution in [3.05, 3.63) is 64.6 Å². The minimum Gasteiger partial charge on any atom is -0.276 e. The number of aromatic nitrogens is 3.